The summed E-state index contributed by atoms with van der Waals surface area (Å²) in [5, 5.41) is 0. The summed E-state index contributed by atoms with van der Waals surface area (Å²) < 4.78 is 5.75. The first kappa shape index (κ1) is 5.85. The van der Waals surface area contributed by atoms with Gasteiger partial charge in [0, 0.05) is 0 Å². The topological polar surface area (TPSA) is 38.9 Å². The zero-order valence-corrected chi connectivity index (χ0v) is 6.50. The van der Waals surface area contributed by atoms with Gasteiger partial charge in [0.15, 0.2) is 17.6 Å². The molecular formula is C6H3BrN2O. The molecule has 2 rings (SSSR count). The first-order chi connectivity index (χ1) is 4.86. The molecule has 10 heavy (non-hydrogen) atoms. The summed E-state index contributed by atoms with van der Waals surface area (Å²) in [6.07, 6.45) is 1.38. The molecule has 0 fully saturated rings. The van der Waals surface area contributed by atoms with E-state index in [0.29, 0.717) is 11.2 Å². The number of fused-ring (bicyclic) bond motifs is 1. The number of pyridine rings is 1. The third-order valence-corrected chi connectivity index (χ3v) is 1.60. The van der Waals surface area contributed by atoms with Gasteiger partial charge in [0.25, 0.3) is 0 Å². The molecule has 50 valence electrons. The molecule has 0 aromatic carbocycles. The number of nitrogens with zero attached hydrogens (tertiary/aromatic N) is 2. The minimum Gasteiger partial charge on any atom is -0.442 e. The molecule has 0 radical (unpaired) electrons. The molecule has 0 N–H and O–H groups in total. The summed E-state index contributed by atoms with van der Waals surface area (Å²) in [5.74, 6) is 0. The van der Waals surface area contributed by atoms with Gasteiger partial charge in [0.1, 0.15) is 4.60 Å². The normalized spacial score (nSPS) is 10.5. The van der Waals surface area contributed by atoms with E-state index in [9.17, 15) is 0 Å². The lowest BCUT2D eigenvalue weighted by Gasteiger charge is -1.85. The van der Waals surface area contributed by atoms with E-state index in [0.717, 1.165) is 4.60 Å². The maximum Gasteiger partial charge on any atom is 0.199 e. The maximum atomic E-state index is 4.98. The number of hydrogen-bond acceptors (Lipinski definition) is 3. The van der Waals surface area contributed by atoms with Crippen LogP contribution in [0.25, 0.3) is 11.2 Å². The molecule has 0 spiro atoms. The Balaban J connectivity index is 2.86. The van der Waals surface area contributed by atoms with Crippen LogP contribution in [-0.2, 0) is 0 Å². The van der Waals surface area contributed by atoms with Crippen molar-refractivity contribution in [2.75, 3.05) is 0 Å². The number of rotatable bonds is 0. The third kappa shape index (κ3) is 0.806. The molecule has 0 saturated heterocycles. The van der Waals surface area contributed by atoms with Gasteiger partial charge in [0.2, 0.25) is 0 Å². The lowest BCUT2D eigenvalue weighted by atomic mass is 10.5. The Bertz CT molecular complexity index is 357. The molecule has 2 heterocycles. The molecule has 0 bridgehead atoms. The molecule has 0 unspecified atom stereocenters. The average Bonchev–Trinajstić information content (AvgIpc) is 2.33. The second kappa shape index (κ2) is 2.05. The van der Waals surface area contributed by atoms with Crippen molar-refractivity contribution in [2.24, 2.45) is 0 Å². The first-order valence-electron chi connectivity index (χ1n) is 2.72. The molecule has 2 aromatic heterocycles. The Labute approximate surface area is 65.2 Å². The van der Waals surface area contributed by atoms with Crippen LogP contribution in [0.4, 0.5) is 0 Å². The second-order valence-corrected chi connectivity index (χ2v) is 2.62. The molecular weight excluding hydrogens is 196 g/mol. The number of oxazole rings is 1. The SMILES string of the molecule is Brc1ccc2ocnc2n1. The minimum absolute atomic E-state index is 0.634. The molecule has 0 atom stereocenters. The molecule has 0 aliphatic heterocycles. The monoisotopic (exact) mass is 198 g/mol. The van der Waals surface area contributed by atoms with Gasteiger partial charge in [-0.25, -0.2) is 4.98 Å². The maximum absolute atomic E-state index is 4.98. The smallest absolute Gasteiger partial charge is 0.199 e. The second-order valence-electron chi connectivity index (χ2n) is 1.81. The van der Waals surface area contributed by atoms with Crippen LogP contribution in [0.1, 0.15) is 0 Å². The highest BCUT2D eigenvalue weighted by Gasteiger charge is 1.97. The highest BCUT2D eigenvalue weighted by Crippen LogP contribution is 2.13. The lowest BCUT2D eigenvalue weighted by Crippen LogP contribution is -1.75. The Hall–Kier alpha value is -0.900. The van der Waals surface area contributed by atoms with E-state index >= 15 is 0 Å². The lowest BCUT2D eigenvalue weighted by molar-refractivity contribution is 0.602. The molecule has 2 aromatic rings. The minimum atomic E-state index is 0.634. The molecule has 0 amide bonds. The summed E-state index contributed by atoms with van der Waals surface area (Å²) in [6, 6.07) is 3.63. The highest BCUT2D eigenvalue weighted by atomic mass is 79.9. The van der Waals surface area contributed by atoms with Crippen LogP contribution in [0.3, 0.4) is 0 Å². The van der Waals surface area contributed by atoms with E-state index in [-0.39, 0.29) is 0 Å². The van der Waals surface area contributed by atoms with Crippen molar-refractivity contribution in [1.82, 2.24) is 9.97 Å². The fourth-order valence-electron chi connectivity index (χ4n) is 0.730. The molecule has 0 aliphatic carbocycles. The number of halogens is 1. The predicted molar refractivity (Wildman–Crippen MR) is 39.5 cm³/mol. The van der Waals surface area contributed by atoms with Crippen molar-refractivity contribution in [3.8, 4) is 0 Å². The van der Waals surface area contributed by atoms with E-state index in [1.807, 2.05) is 12.1 Å². The fraction of sp³-hybridized carbons (Fsp3) is 0. The fourth-order valence-corrected chi connectivity index (χ4v) is 1.03. The first-order valence-corrected chi connectivity index (χ1v) is 3.51. The summed E-state index contributed by atoms with van der Waals surface area (Å²) in [4.78, 5) is 7.92. The van der Waals surface area contributed by atoms with Crippen LogP contribution >= 0.6 is 15.9 Å². The van der Waals surface area contributed by atoms with E-state index in [2.05, 4.69) is 25.9 Å². The van der Waals surface area contributed by atoms with E-state index in [1.54, 1.807) is 0 Å². The van der Waals surface area contributed by atoms with Gasteiger partial charge in [-0.15, -0.1) is 0 Å². The van der Waals surface area contributed by atoms with E-state index < -0.39 is 0 Å². The van der Waals surface area contributed by atoms with Crippen LogP contribution in [-0.4, -0.2) is 9.97 Å². The van der Waals surface area contributed by atoms with Gasteiger partial charge < -0.3 is 4.42 Å². The largest absolute Gasteiger partial charge is 0.442 e. The Morgan fingerprint density at radius 3 is 3.20 bits per heavy atom. The van der Waals surface area contributed by atoms with Crippen LogP contribution < -0.4 is 0 Å². The zero-order valence-electron chi connectivity index (χ0n) is 4.91. The van der Waals surface area contributed by atoms with Crippen molar-refractivity contribution in [3.05, 3.63) is 23.1 Å². The van der Waals surface area contributed by atoms with Gasteiger partial charge in [-0.05, 0) is 28.1 Å². The van der Waals surface area contributed by atoms with Crippen molar-refractivity contribution >= 4 is 27.2 Å². The Morgan fingerprint density at radius 2 is 2.30 bits per heavy atom. The molecule has 3 nitrogen and oxygen atoms in total. The van der Waals surface area contributed by atoms with E-state index in [1.165, 1.54) is 6.39 Å². The van der Waals surface area contributed by atoms with Crippen molar-refractivity contribution in [3.63, 3.8) is 0 Å². The van der Waals surface area contributed by atoms with Crippen LogP contribution in [0.15, 0.2) is 27.5 Å². The summed E-state index contributed by atoms with van der Waals surface area (Å²) >= 11 is 3.22. The van der Waals surface area contributed by atoms with Crippen molar-refractivity contribution in [2.45, 2.75) is 0 Å². The standard InChI is InChI=1S/C6H3BrN2O/c7-5-2-1-4-6(9-5)8-3-10-4/h1-3H. The van der Waals surface area contributed by atoms with Crippen molar-refractivity contribution < 1.29 is 4.42 Å². The average molecular weight is 199 g/mol. The Kier molecular flexibility index (Phi) is 1.20. The van der Waals surface area contributed by atoms with Gasteiger partial charge in [-0.1, -0.05) is 0 Å². The van der Waals surface area contributed by atoms with E-state index in [4.69, 9.17) is 4.42 Å². The van der Waals surface area contributed by atoms with Crippen LogP contribution in [0.5, 0.6) is 0 Å². The van der Waals surface area contributed by atoms with Crippen LogP contribution in [0.2, 0.25) is 0 Å². The summed E-state index contributed by atoms with van der Waals surface area (Å²) in [5.41, 5.74) is 1.34. The van der Waals surface area contributed by atoms with Crippen molar-refractivity contribution in [1.29, 1.82) is 0 Å². The quantitative estimate of drug-likeness (QED) is 0.609. The van der Waals surface area contributed by atoms with Crippen LogP contribution in [0, 0.1) is 0 Å². The molecule has 4 heteroatoms. The molecule has 0 saturated carbocycles. The predicted octanol–water partition coefficient (Wildman–Crippen LogP) is 1.99. The third-order valence-electron chi connectivity index (χ3n) is 1.16. The molecule has 0 aliphatic rings. The number of aromatic nitrogens is 2. The number of hydrogen-bond donors (Lipinski definition) is 0. The highest BCUT2D eigenvalue weighted by molar-refractivity contribution is 9.10. The van der Waals surface area contributed by atoms with Gasteiger partial charge in [-0.3, -0.25) is 0 Å². The summed E-state index contributed by atoms with van der Waals surface area (Å²) in [6.45, 7) is 0. The van der Waals surface area contributed by atoms with Gasteiger partial charge >= 0.3 is 0 Å². The Morgan fingerprint density at radius 1 is 1.40 bits per heavy atom. The summed E-state index contributed by atoms with van der Waals surface area (Å²) in [7, 11) is 0. The zero-order chi connectivity index (χ0) is 6.97. The van der Waals surface area contributed by atoms with Gasteiger partial charge in [0.05, 0.1) is 0 Å². The van der Waals surface area contributed by atoms with Gasteiger partial charge in [-0.2, -0.15) is 4.98 Å².